The van der Waals surface area contributed by atoms with Gasteiger partial charge in [-0.05, 0) is 34.6 Å². The zero-order chi connectivity index (χ0) is 11.7. The number of anilines is 1. The van der Waals surface area contributed by atoms with Crippen molar-refractivity contribution in [3.8, 4) is 0 Å². The van der Waals surface area contributed by atoms with Gasteiger partial charge in [-0.15, -0.1) is 11.6 Å². The first-order valence-corrected chi connectivity index (χ1v) is 6.40. The number of carbonyl (C=O) groups excluding carboxylic acids is 1. The van der Waals surface area contributed by atoms with Crippen LogP contribution >= 0.6 is 34.2 Å². The third-order valence-electron chi connectivity index (χ3n) is 2.47. The molecule has 0 saturated carbocycles. The lowest BCUT2D eigenvalue weighted by molar-refractivity contribution is -0.117. The molecule has 1 aliphatic rings. The van der Waals surface area contributed by atoms with Crippen LogP contribution in [-0.2, 0) is 4.79 Å². The van der Waals surface area contributed by atoms with E-state index in [4.69, 9.17) is 11.6 Å². The van der Waals surface area contributed by atoms with Crippen LogP contribution in [0, 0.1) is 15.3 Å². The van der Waals surface area contributed by atoms with Crippen molar-refractivity contribution in [2.45, 2.75) is 6.42 Å². The van der Waals surface area contributed by atoms with Gasteiger partial charge >= 0.3 is 0 Å². The Morgan fingerprint density at radius 2 is 2.44 bits per heavy atom. The van der Waals surface area contributed by atoms with E-state index < -0.39 is 5.82 Å². The Balaban J connectivity index is 2.28. The second-order valence-corrected chi connectivity index (χ2v) is 5.16. The summed E-state index contributed by atoms with van der Waals surface area (Å²) in [5, 5.41) is 0. The molecule has 1 unspecified atom stereocenters. The van der Waals surface area contributed by atoms with Gasteiger partial charge in [-0.3, -0.25) is 9.69 Å². The summed E-state index contributed by atoms with van der Waals surface area (Å²) in [4.78, 5) is 17.2. The molecule has 0 N–H and O–H groups in total. The normalized spacial score (nSPS) is 20.6. The number of nitrogens with zero attached hydrogens (tertiary/aromatic N) is 2. The molecule has 86 valence electrons. The summed E-state index contributed by atoms with van der Waals surface area (Å²) in [5.74, 6) is 0.757. The molecule has 0 aromatic carbocycles. The number of hydrogen-bond donors (Lipinski definition) is 0. The van der Waals surface area contributed by atoms with Gasteiger partial charge in [-0.1, -0.05) is 0 Å². The number of pyridine rings is 1. The largest absolute Gasteiger partial charge is 0.296 e. The highest BCUT2D eigenvalue weighted by atomic mass is 127. The Morgan fingerprint density at radius 1 is 1.69 bits per heavy atom. The van der Waals surface area contributed by atoms with Gasteiger partial charge in [-0.25, -0.2) is 9.37 Å². The third-order valence-corrected chi connectivity index (χ3v) is 3.70. The first kappa shape index (κ1) is 12.0. The van der Waals surface area contributed by atoms with E-state index in [1.54, 1.807) is 4.90 Å². The van der Waals surface area contributed by atoms with Crippen LogP contribution in [0.15, 0.2) is 12.3 Å². The van der Waals surface area contributed by atoms with Crippen LogP contribution in [0.1, 0.15) is 6.42 Å². The minimum Gasteiger partial charge on any atom is -0.296 e. The molecule has 1 fully saturated rings. The van der Waals surface area contributed by atoms with Gasteiger partial charge < -0.3 is 0 Å². The smallest absolute Gasteiger partial charge is 0.228 e. The summed E-state index contributed by atoms with van der Waals surface area (Å²) >= 11 is 7.71. The molecule has 1 saturated heterocycles. The van der Waals surface area contributed by atoms with Crippen molar-refractivity contribution in [1.29, 1.82) is 0 Å². The molecular weight excluding hydrogens is 345 g/mol. The first-order chi connectivity index (χ1) is 7.61. The van der Waals surface area contributed by atoms with Crippen LogP contribution in [0.25, 0.3) is 0 Å². The number of carbonyl (C=O) groups is 1. The summed E-state index contributed by atoms with van der Waals surface area (Å²) in [7, 11) is 0. The molecule has 2 heterocycles. The summed E-state index contributed by atoms with van der Waals surface area (Å²) in [6, 6.07) is 1.37. The Labute approximate surface area is 111 Å². The van der Waals surface area contributed by atoms with Crippen LogP contribution in [0.2, 0.25) is 0 Å². The molecule has 1 aliphatic heterocycles. The molecular formula is C10H9ClFIN2O. The lowest BCUT2D eigenvalue weighted by Crippen LogP contribution is -2.26. The first-order valence-electron chi connectivity index (χ1n) is 4.79. The summed E-state index contributed by atoms with van der Waals surface area (Å²) < 4.78 is 13.5. The predicted molar refractivity (Wildman–Crippen MR) is 68.1 cm³/mol. The number of amides is 1. The Bertz CT molecular complexity index is 429. The Morgan fingerprint density at radius 3 is 3.00 bits per heavy atom. The van der Waals surface area contributed by atoms with Crippen LogP contribution < -0.4 is 4.90 Å². The molecule has 1 aromatic rings. The maximum Gasteiger partial charge on any atom is 0.228 e. The molecule has 2 rings (SSSR count). The quantitative estimate of drug-likeness (QED) is 0.604. The standard InChI is InChI=1S/C10H9ClFIN2O/c11-3-6-1-9(16)15(5-6)10-8(13)2-7(12)4-14-10/h2,4,6H,1,3,5H2. The fourth-order valence-electron chi connectivity index (χ4n) is 1.70. The van der Waals surface area contributed by atoms with E-state index in [2.05, 4.69) is 4.98 Å². The highest BCUT2D eigenvalue weighted by Crippen LogP contribution is 2.27. The zero-order valence-electron chi connectivity index (χ0n) is 8.29. The molecule has 0 bridgehead atoms. The lowest BCUT2D eigenvalue weighted by Gasteiger charge is -2.16. The fraction of sp³-hybridized carbons (Fsp3) is 0.400. The molecule has 0 spiro atoms. The lowest BCUT2D eigenvalue weighted by atomic mass is 10.1. The molecule has 0 radical (unpaired) electrons. The highest BCUT2D eigenvalue weighted by molar-refractivity contribution is 14.1. The molecule has 16 heavy (non-hydrogen) atoms. The number of alkyl halides is 1. The molecule has 1 atom stereocenters. The topological polar surface area (TPSA) is 33.2 Å². The van der Waals surface area contributed by atoms with Gasteiger partial charge in [0.2, 0.25) is 5.91 Å². The van der Waals surface area contributed by atoms with E-state index in [1.165, 1.54) is 6.07 Å². The fourth-order valence-corrected chi connectivity index (χ4v) is 2.63. The van der Waals surface area contributed by atoms with Crippen molar-refractivity contribution in [3.63, 3.8) is 0 Å². The number of aromatic nitrogens is 1. The van der Waals surface area contributed by atoms with Gasteiger partial charge in [0.05, 0.1) is 9.77 Å². The average Bonchev–Trinajstić information content (AvgIpc) is 2.60. The maximum atomic E-state index is 12.9. The SMILES string of the molecule is O=C1CC(CCl)CN1c1ncc(F)cc1I. The van der Waals surface area contributed by atoms with Crippen LogP contribution in [0.4, 0.5) is 10.2 Å². The maximum absolute atomic E-state index is 12.9. The summed E-state index contributed by atoms with van der Waals surface area (Å²) in [6.07, 6.45) is 1.57. The number of hydrogen-bond acceptors (Lipinski definition) is 2. The average molecular weight is 355 g/mol. The van der Waals surface area contributed by atoms with E-state index in [-0.39, 0.29) is 11.8 Å². The second kappa shape index (κ2) is 4.83. The third kappa shape index (κ3) is 2.29. The molecule has 0 aliphatic carbocycles. The molecule has 1 amide bonds. The predicted octanol–water partition coefficient (Wildman–Crippen LogP) is 2.42. The van der Waals surface area contributed by atoms with E-state index in [9.17, 15) is 9.18 Å². The second-order valence-electron chi connectivity index (χ2n) is 3.69. The molecule has 3 nitrogen and oxygen atoms in total. The number of rotatable bonds is 2. The Kier molecular flexibility index (Phi) is 3.63. The van der Waals surface area contributed by atoms with Crippen LogP contribution in [0.3, 0.4) is 0 Å². The summed E-state index contributed by atoms with van der Waals surface area (Å²) in [5.41, 5.74) is 0. The van der Waals surface area contributed by atoms with Crippen LogP contribution in [-0.4, -0.2) is 23.3 Å². The molecule has 1 aromatic heterocycles. The highest BCUT2D eigenvalue weighted by Gasteiger charge is 2.31. The van der Waals surface area contributed by atoms with Gasteiger partial charge in [0, 0.05) is 18.8 Å². The van der Waals surface area contributed by atoms with Crippen molar-refractivity contribution in [3.05, 3.63) is 21.7 Å². The van der Waals surface area contributed by atoms with E-state index in [0.717, 1.165) is 6.20 Å². The van der Waals surface area contributed by atoms with Gasteiger partial charge in [0.15, 0.2) is 0 Å². The monoisotopic (exact) mass is 354 g/mol. The minimum absolute atomic E-state index is 0.00248. The van der Waals surface area contributed by atoms with Crippen molar-refractivity contribution in [2.24, 2.45) is 5.92 Å². The van der Waals surface area contributed by atoms with Gasteiger partial charge in [0.25, 0.3) is 0 Å². The van der Waals surface area contributed by atoms with Crippen molar-refractivity contribution in [1.82, 2.24) is 4.98 Å². The molecule has 6 heteroatoms. The number of halogens is 3. The van der Waals surface area contributed by atoms with E-state index >= 15 is 0 Å². The van der Waals surface area contributed by atoms with E-state index in [0.29, 0.717) is 28.2 Å². The van der Waals surface area contributed by atoms with Crippen molar-refractivity contribution < 1.29 is 9.18 Å². The summed E-state index contributed by atoms with van der Waals surface area (Å²) in [6.45, 7) is 0.566. The van der Waals surface area contributed by atoms with Crippen molar-refractivity contribution >= 4 is 45.9 Å². The zero-order valence-corrected chi connectivity index (χ0v) is 11.2. The van der Waals surface area contributed by atoms with Gasteiger partial charge in [-0.2, -0.15) is 0 Å². The van der Waals surface area contributed by atoms with Gasteiger partial charge in [0.1, 0.15) is 11.6 Å². The Hall–Kier alpha value is -0.430. The van der Waals surface area contributed by atoms with Crippen molar-refractivity contribution in [2.75, 3.05) is 17.3 Å². The van der Waals surface area contributed by atoms with Crippen LogP contribution in [0.5, 0.6) is 0 Å². The minimum atomic E-state index is -0.395. The van der Waals surface area contributed by atoms with E-state index in [1.807, 2.05) is 22.6 Å².